The number of benzene rings is 3. The van der Waals surface area contributed by atoms with Crippen molar-refractivity contribution >= 4 is 40.2 Å². The van der Waals surface area contributed by atoms with E-state index in [2.05, 4.69) is 134 Å². The molecule has 0 N–H and O–H groups in total. The van der Waals surface area contributed by atoms with Crippen LogP contribution in [0, 0.1) is 0 Å². The van der Waals surface area contributed by atoms with Gasteiger partial charge in [-0.25, -0.2) is 0 Å². The zero-order chi connectivity index (χ0) is 30.4. The number of aromatic nitrogens is 1. The number of para-hydroxylation sites is 2. The van der Waals surface area contributed by atoms with Crippen molar-refractivity contribution in [3.63, 3.8) is 0 Å². The molecule has 0 amide bonds. The van der Waals surface area contributed by atoms with Gasteiger partial charge in [0.2, 0.25) is 0 Å². The van der Waals surface area contributed by atoms with Gasteiger partial charge >= 0.3 is 0 Å². The first-order chi connectivity index (χ1) is 20.8. The van der Waals surface area contributed by atoms with Crippen LogP contribution in [0.4, 0.5) is 11.5 Å². The van der Waals surface area contributed by atoms with Crippen molar-refractivity contribution in [3.8, 4) is 11.4 Å². The van der Waals surface area contributed by atoms with E-state index in [0.29, 0.717) is 0 Å². The topological polar surface area (TPSA) is 19.6 Å². The van der Waals surface area contributed by atoms with E-state index in [1.165, 1.54) is 57.6 Å². The van der Waals surface area contributed by atoms with E-state index >= 15 is 0 Å². The van der Waals surface area contributed by atoms with Gasteiger partial charge in [0.25, 0.3) is 5.82 Å². The fraction of sp³-hybridized carbons (Fsp3) is 0.378. The molecular weight excluding hydrogens is 802 g/mol. The van der Waals surface area contributed by atoms with Crippen LogP contribution in [-0.2, 0) is 0 Å². The minimum atomic E-state index is 0. The molecule has 0 unspecified atom stereocenters. The van der Waals surface area contributed by atoms with Crippen LogP contribution in [0.25, 0.3) is 22.7 Å². The molecule has 242 valence electrons. The second-order valence-corrected chi connectivity index (χ2v) is 13.3. The van der Waals surface area contributed by atoms with Gasteiger partial charge < -0.3 is 62.1 Å². The summed E-state index contributed by atoms with van der Waals surface area (Å²) in [6.45, 7) is 8.99. The SMILES string of the molecule is CCCCN(CCC[N+](C)(C)CCC)c1cc(C=C2Sc3ccccc3N2C)c2ccc(OC)cc2[n+]1-c1ccccc1.[I-].[I-]. The number of ether oxygens (including phenoxy) is 1. The summed E-state index contributed by atoms with van der Waals surface area (Å²) in [5, 5.41) is 2.45. The Hall–Kier alpha value is -2.02. The quantitative estimate of drug-likeness (QED) is 0.117. The minimum Gasteiger partial charge on any atom is -1.00 e. The average molecular weight is 851 g/mol. The van der Waals surface area contributed by atoms with E-state index in [-0.39, 0.29) is 48.0 Å². The predicted molar refractivity (Wildman–Crippen MR) is 185 cm³/mol. The number of halogens is 2. The molecule has 5 rings (SSSR count). The maximum Gasteiger partial charge on any atom is 0.282 e. The highest BCUT2D eigenvalue weighted by Gasteiger charge is 2.28. The summed E-state index contributed by atoms with van der Waals surface area (Å²) in [6, 6.07) is 28.4. The fourth-order valence-corrected chi connectivity index (χ4v) is 7.25. The molecule has 1 aromatic heterocycles. The summed E-state index contributed by atoms with van der Waals surface area (Å²) >= 11 is 1.85. The van der Waals surface area contributed by atoms with Crippen LogP contribution in [0.2, 0.25) is 0 Å². The molecule has 0 radical (unpaired) electrons. The monoisotopic (exact) mass is 850 g/mol. The smallest absolute Gasteiger partial charge is 0.282 e. The Kier molecular flexibility index (Phi) is 14.3. The summed E-state index contributed by atoms with van der Waals surface area (Å²) in [6.07, 6.45) is 7.05. The normalized spacial score (nSPS) is 13.4. The molecule has 0 aliphatic carbocycles. The number of hydrogen-bond acceptors (Lipinski definition) is 4. The largest absolute Gasteiger partial charge is 1.00 e. The standard InChI is InChI=1S/C37H48N4OS.2HI/c1-7-9-22-39(23-15-25-41(4,5)24-8-2)36-26-29(27-37-38(3)33-18-13-14-19-35(33)43-37)32-21-20-31(42-6)28-34(32)40(36)30-16-11-10-12-17-30;;/h10-14,16-21,26-28H,7-9,15,22-25H2,1-6H3;2*1H/q+2;;/p-2. The van der Waals surface area contributed by atoms with Gasteiger partial charge in [-0.3, -0.25) is 4.90 Å². The Morgan fingerprint density at radius 1 is 0.867 bits per heavy atom. The van der Waals surface area contributed by atoms with Gasteiger partial charge in [0.1, 0.15) is 17.0 Å². The maximum absolute atomic E-state index is 5.78. The van der Waals surface area contributed by atoms with Crippen LogP contribution in [0.3, 0.4) is 0 Å². The lowest BCUT2D eigenvalue weighted by Crippen LogP contribution is -3.00. The molecule has 45 heavy (non-hydrogen) atoms. The molecule has 0 atom stereocenters. The average Bonchev–Trinajstić information content (AvgIpc) is 3.33. The number of fused-ring (bicyclic) bond motifs is 2. The van der Waals surface area contributed by atoms with E-state index in [9.17, 15) is 0 Å². The predicted octanol–water partition coefficient (Wildman–Crippen LogP) is 2.16. The second kappa shape index (κ2) is 17.2. The number of nitrogens with zero attached hydrogens (tertiary/aromatic N) is 4. The highest BCUT2D eigenvalue weighted by atomic mass is 127. The number of anilines is 2. The molecule has 0 bridgehead atoms. The zero-order valence-electron chi connectivity index (χ0n) is 27.6. The van der Waals surface area contributed by atoms with Crippen LogP contribution in [0.15, 0.2) is 88.8 Å². The Labute approximate surface area is 309 Å². The number of thioether (sulfide) groups is 1. The van der Waals surface area contributed by atoms with Crippen LogP contribution in [0.5, 0.6) is 5.75 Å². The Morgan fingerprint density at radius 2 is 1.58 bits per heavy atom. The van der Waals surface area contributed by atoms with Crippen molar-refractivity contribution < 1.29 is 61.7 Å². The molecule has 2 heterocycles. The van der Waals surface area contributed by atoms with Gasteiger partial charge in [-0.1, -0.05) is 62.4 Å². The summed E-state index contributed by atoms with van der Waals surface area (Å²) in [5.41, 5.74) is 4.81. The van der Waals surface area contributed by atoms with Crippen LogP contribution >= 0.6 is 11.8 Å². The first-order valence-corrected chi connectivity index (χ1v) is 16.6. The Bertz CT molecular complexity index is 1580. The van der Waals surface area contributed by atoms with E-state index in [0.717, 1.165) is 48.1 Å². The summed E-state index contributed by atoms with van der Waals surface area (Å²) < 4.78 is 9.29. The van der Waals surface area contributed by atoms with Crippen molar-refractivity contribution in [3.05, 3.63) is 89.5 Å². The number of rotatable bonds is 13. The highest BCUT2D eigenvalue weighted by molar-refractivity contribution is 8.03. The van der Waals surface area contributed by atoms with E-state index in [4.69, 9.17) is 4.74 Å². The fourth-order valence-electron chi connectivity index (χ4n) is 6.15. The van der Waals surface area contributed by atoms with Gasteiger partial charge in [0.05, 0.1) is 58.1 Å². The Morgan fingerprint density at radius 3 is 2.27 bits per heavy atom. The second-order valence-electron chi connectivity index (χ2n) is 12.2. The van der Waals surface area contributed by atoms with E-state index in [1.807, 2.05) is 11.8 Å². The van der Waals surface area contributed by atoms with Crippen molar-refractivity contribution in [2.75, 3.05) is 64.2 Å². The van der Waals surface area contributed by atoms with Crippen LogP contribution in [-0.4, -0.2) is 58.9 Å². The van der Waals surface area contributed by atoms with E-state index < -0.39 is 0 Å². The molecule has 0 saturated carbocycles. The zero-order valence-corrected chi connectivity index (χ0v) is 32.7. The molecule has 0 fully saturated rings. The third-order valence-corrected chi connectivity index (χ3v) is 9.63. The number of methoxy groups -OCH3 is 1. The van der Waals surface area contributed by atoms with Gasteiger partial charge in [0, 0.05) is 35.9 Å². The van der Waals surface area contributed by atoms with Gasteiger partial charge in [-0.15, -0.1) is 0 Å². The summed E-state index contributed by atoms with van der Waals surface area (Å²) in [7, 11) is 8.66. The van der Waals surface area contributed by atoms with Gasteiger partial charge in [0.15, 0.2) is 0 Å². The molecule has 0 spiro atoms. The molecule has 4 aromatic rings. The molecule has 0 saturated heterocycles. The lowest BCUT2D eigenvalue weighted by atomic mass is 10.1. The molecular formula is C37H48I2N4OS. The number of unbranched alkanes of at least 4 members (excludes halogenated alkanes) is 1. The first-order valence-electron chi connectivity index (χ1n) is 15.8. The van der Waals surface area contributed by atoms with Crippen LogP contribution < -0.4 is 67.1 Å². The minimum absolute atomic E-state index is 0. The molecule has 1 aliphatic rings. The number of hydrogen-bond donors (Lipinski definition) is 0. The summed E-state index contributed by atoms with van der Waals surface area (Å²) in [4.78, 5) is 6.24. The lowest BCUT2D eigenvalue weighted by molar-refractivity contribution is -0.890. The van der Waals surface area contributed by atoms with Crippen molar-refractivity contribution in [1.82, 2.24) is 0 Å². The molecule has 1 aliphatic heterocycles. The Balaban J connectivity index is 0.00000276. The van der Waals surface area contributed by atoms with Crippen molar-refractivity contribution in [2.24, 2.45) is 0 Å². The lowest BCUT2D eigenvalue weighted by Gasteiger charge is -2.30. The maximum atomic E-state index is 5.78. The van der Waals surface area contributed by atoms with Gasteiger partial charge in [-0.2, -0.15) is 4.57 Å². The summed E-state index contributed by atoms with van der Waals surface area (Å²) in [5.74, 6) is 2.10. The van der Waals surface area contributed by atoms with Gasteiger partial charge in [-0.05, 0) is 60.9 Å². The third kappa shape index (κ3) is 8.87. The number of pyridine rings is 1. The van der Waals surface area contributed by atoms with E-state index in [1.54, 1.807) is 7.11 Å². The molecule has 3 aromatic carbocycles. The number of quaternary nitrogens is 1. The van der Waals surface area contributed by atoms with Crippen LogP contribution in [0.1, 0.15) is 45.1 Å². The first kappa shape index (κ1) is 37.4. The molecule has 5 nitrogen and oxygen atoms in total. The third-order valence-electron chi connectivity index (χ3n) is 8.46. The van der Waals surface area contributed by atoms with Crippen molar-refractivity contribution in [2.45, 2.75) is 44.4 Å². The highest BCUT2D eigenvalue weighted by Crippen LogP contribution is 2.46. The molecule has 8 heteroatoms. The van der Waals surface area contributed by atoms with Crippen molar-refractivity contribution in [1.29, 1.82) is 0 Å².